The molecule has 0 aliphatic carbocycles. The maximum absolute atomic E-state index is 12.3. The van der Waals surface area contributed by atoms with Crippen LogP contribution in [0.25, 0.3) is 0 Å². The van der Waals surface area contributed by atoms with E-state index in [9.17, 15) is 13.6 Å². The van der Waals surface area contributed by atoms with Crippen molar-refractivity contribution in [2.45, 2.75) is 6.43 Å². The lowest BCUT2D eigenvalue weighted by Crippen LogP contribution is -1.98. The van der Waals surface area contributed by atoms with Crippen LogP contribution < -0.4 is 0 Å². The highest BCUT2D eigenvalue weighted by Crippen LogP contribution is 2.27. The third kappa shape index (κ3) is 1.93. The highest BCUT2D eigenvalue weighted by Gasteiger charge is 2.16. The number of aromatic nitrogens is 1. The van der Waals surface area contributed by atoms with E-state index in [4.69, 9.17) is 5.26 Å². The number of carbonyl (C=O) groups is 1. The summed E-state index contributed by atoms with van der Waals surface area (Å²) in [5.74, 6) is 0. The quantitative estimate of drug-likeness (QED) is 0.607. The number of nitriles is 1. The van der Waals surface area contributed by atoms with Crippen molar-refractivity contribution < 1.29 is 13.6 Å². The maximum atomic E-state index is 12.3. The van der Waals surface area contributed by atoms with E-state index in [1.54, 1.807) is 6.07 Å². The summed E-state index contributed by atoms with van der Waals surface area (Å²) >= 11 is 2.79. The van der Waals surface area contributed by atoms with E-state index in [2.05, 4.69) is 20.9 Å². The lowest BCUT2D eigenvalue weighted by Gasteiger charge is -2.03. The van der Waals surface area contributed by atoms with Gasteiger partial charge in [0, 0.05) is 0 Å². The van der Waals surface area contributed by atoms with Crippen molar-refractivity contribution in [3.8, 4) is 6.07 Å². The van der Waals surface area contributed by atoms with Gasteiger partial charge < -0.3 is 0 Å². The molecule has 1 heterocycles. The van der Waals surface area contributed by atoms with Crippen LogP contribution in [-0.4, -0.2) is 11.3 Å². The highest BCUT2D eigenvalue weighted by atomic mass is 79.9. The molecule has 6 heteroatoms. The number of halogens is 3. The van der Waals surface area contributed by atoms with Crippen LogP contribution in [0.15, 0.2) is 10.7 Å². The molecule has 14 heavy (non-hydrogen) atoms. The molecule has 1 aromatic heterocycles. The standard InChI is InChI=1S/C8H3BrF2N2O/c9-7-5(8(10)11)1-4(2-12)6(3-14)13-7/h1,3,8H. The van der Waals surface area contributed by atoms with Gasteiger partial charge >= 0.3 is 0 Å². The fourth-order valence-electron chi connectivity index (χ4n) is 0.852. The number of carbonyl (C=O) groups excluding carboxylic acids is 1. The minimum absolute atomic E-state index is 0.117. The van der Waals surface area contributed by atoms with Crippen LogP contribution in [0.3, 0.4) is 0 Å². The van der Waals surface area contributed by atoms with E-state index in [0.29, 0.717) is 6.29 Å². The van der Waals surface area contributed by atoms with Crippen LogP contribution in [-0.2, 0) is 0 Å². The van der Waals surface area contributed by atoms with Crippen molar-refractivity contribution in [1.82, 2.24) is 4.98 Å². The van der Waals surface area contributed by atoms with E-state index in [1.165, 1.54) is 0 Å². The lowest BCUT2D eigenvalue weighted by atomic mass is 10.1. The maximum Gasteiger partial charge on any atom is 0.266 e. The van der Waals surface area contributed by atoms with E-state index in [1.807, 2.05) is 0 Å². The second-order valence-electron chi connectivity index (χ2n) is 2.33. The first-order valence-electron chi connectivity index (χ1n) is 3.44. The molecule has 0 saturated carbocycles. The van der Waals surface area contributed by atoms with Crippen molar-refractivity contribution in [3.63, 3.8) is 0 Å². The van der Waals surface area contributed by atoms with Crippen LogP contribution in [0.4, 0.5) is 8.78 Å². The molecule has 0 radical (unpaired) electrons. The summed E-state index contributed by atoms with van der Waals surface area (Å²) in [6.45, 7) is 0. The van der Waals surface area contributed by atoms with Crippen LogP contribution in [0.5, 0.6) is 0 Å². The van der Waals surface area contributed by atoms with Gasteiger partial charge in [-0.3, -0.25) is 4.79 Å². The molecule has 0 aliphatic rings. The molecular formula is C8H3BrF2N2O. The predicted octanol–water partition coefficient (Wildman–Crippen LogP) is 2.47. The molecule has 0 aromatic carbocycles. The molecule has 0 amide bonds. The largest absolute Gasteiger partial charge is 0.296 e. The van der Waals surface area contributed by atoms with Crippen LogP contribution in [0, 0.1) is 11.3 Å². The highest BCUT2D eigenvalue weighted by molar-refractivity contribution is 9.10. The van der Waals surface area contributed by atoms with E-state index in [0.717, 1.165) is 6.07 Å². The third-order valence-electron chi connectivity index (χ3n) is 1.50. The zero-order valence-corrected chi connectivity index (χ0v) is 8.25. The smallest absolute Gasteiger partial charge is 0.266 e. The van der Waals surface area contributed by atoms with Crippen molar-refractivity contribution in [2.75, 3.05) is 0 Å². The first kappa shape index (κ1) is 10.7. The molecule has 0 bridgehead atoms. The van der Waals surface area contributed by atoms with Gasteiger partial charge in [-0.15, -0.1) is 0 Å². The second-order valence-corrected chi connectivity index (χ2v) is 3.08. The Kier molecular flexibility index (Phi) is 3.25. The molecule has 1 aromatic rings. The molecule has 72 valence electrons. The Morgan fingerprint density at radius 2 is 2.29 bits per heavy atom. The summed E-state index contributed by atoms with van der Waals surface area (Å²) in [5.41, 5.74) is -0.700. The average molecular weight is 261 g/mol. The van der Waals surface area contributed by atoms with Gasteiger partial charge in [-0.05, 0) is 22.0 Å². The number of alkyl halides is 2. The Hall–Kier alpha value is -1.35. The molecule has 3 nitrogen and oxygen atoms in total. The minimum Gasteiger partial charge on any atom is -0.296 e. The summed E-state index contributed by atoms with van der Waals surface area (Å²) in [6, 6.07) is 2.57. The van der Waals surface area contributed by atoms with Crippen LogP contribution >= 0.6 is 15.9 Å². The molecule has 1 rings (SSSR count). The normalized spacial score (nSPS) is 9.93. The van der Waals surface area contributed by atoms with E-state index in [-0.39, 0.29) is 15.9 Å². The van der Waals surface area contributed by atoms with Gasteiger partial charge in [-0.25, -0.2) is 13.8 Å². The number of rotatable bonds is 2. The summed E-state index contributed by atoms with van der Waals surface area (Å²) in [6.07, 6.45) is -2.39. The van der Waals surface area contributed by atoms with Crippen molar-refractivity contribution in [3.05, 3.63) is 27.5 Å². The van der Waals surface area contributed by atoms with Gasteiger partial charge in [-0.1, -0.05) is 0 Å². The van der Waals surface area contributed by atoms with Gasteiger partial charge in [0.25, 0.3) is 6.43 Å². The third-order valence-corrected chi connectivity index (χ3v) is 2.13. The first-order valence-corrected chi connectivity index (χ1v) is 4.23. The van der Waals surface area contributed by atoms with E-state index >= 15 is 0 Å². The van der Waals surface area contributed by atoms with E-state index < -0.39 is 12.0 Å². The Morgan fingerprint density at radius 3 is 2.71 bits per heavy atom. The summed E-state index contributed by atoms with van der Waals surface area (Å²) in [4.78, 5) is 13.9. The zero-order chi connectivity index (χ0) is 10.7. The second kappa shape index (κ2) is 4.24. The number of aldehydes is 1. The Morgan fingerprint density at radius 1 is 1.64 bits per heavy atom. The van der Waals surface area contributed by atoms with Gasteiger partial charge in [0.05, 0.1) is 11.1 Å². The molecule has 0 unspecified atom stereocenters. The van der Waals surface area contributed by atoms with Crippen LogP contribution in [0.1, 0.15) is 28.0 Å². The first-order chi connectivity index (χ1) is 6.60. The molecule has 0 spiro atoms. The predicted molar refractivity (Wildman–Crippen MR) is 47.0 cm³/mol. The molecular weight excluding hydrogens is 258 g/mol. The van der Waals surface area contributed by atoms with Crippen molar-refractivity contribution in [2.24, 2.45) is 0 Å². The average Bonchev–Trinajstić information content (AvgIpc) is 2.16. The molecule has 0 N–H and O–H groups in total. The molecule has 0 saturated heterocycles. The topological polar surface area (TPSA) is 53.8 Å². The fraction of sp³-hybridized carbons (Fsp3) is 0.125. The monoisotopic (exact) mass is 260 g/mol. The van der Waals surface area contributed by atoms with Gasteiger partial charge in [0.15, 0.2) is 6.29 Å². The van der Waals surface area contributed by atoms with Crippen LogP contribution in [0.2, 0.25) is 0 Å². The number of hydrogen-bond donors (Lipinski definition) is 0. The Labute approximate surface area is 86.5 Å². The summed E-state index contributed by atoms with van der Waals surface area (Å²) in [7, 11) is 0. The van der Waals surface area contributed by atoms with Crippen molar-refractivity contribution in [1.29, 1.82) is 5.26 Å². The number of hydrogen-bond acceptors (Lipinski definition) is 3. The molecule has 0 fully saturated rings. The lowest BCUT2D eigenvalue weighted by molar-refractivity contribution is 0.111. The zero-order valence-electron chi connectivity index (χ0n) is 6.67. The molecule has 0 atom stereocenters. The Bertz CT molecular complexity index is 415. The number of pyridine rings is 1. The SMILES string of the molecule is N#Cc1cc(C(F)F)c(Br)nc1C=O. The van der Waals surface area contributed by atoms with Gasteiger partial charge in [-0.2, -0.15) is 5.26 Å². The van der Waals surface area contributed by atoms with Crippen molar-refractivity contribution >= 4 is 22.2 Å². The van der Waals surface area contributed by atoms with Gasteiger partial charge in [0.1, 0.15) is 16.4 Å². The minimum atomic E-state index is -2.73. The van der Waals surface area contributed by atoms with Gasteiger partial charge in [0.2, 0.25) is 0 Å². The fourth-order valence-corrected chi connectivity index (χ4v) is 1.33. The summed E-state index contributed by atoms with van der Waals surface area (Å²) < 4.78 is 24.5. The Balaban J connectivity index is 3.39. The summed E-state index contributed by atoms with van der Waals surface area (Å²) in [5, 5.41) is 8.54. The molecule has 0 aliphatic heterocycles. The number of nitrogens with zero attached hydrogens (tertiary/aromatic N) is 2.